The quantitative estimate of drug-likeness (QED) is 0.00910. The second kappa shape index (κ2) is 50.4. The molecule has 10 aromatic carbocycles. The molecule has 0 radical (unpaired) electrons. The molecule has 11 nitrogen and oxygen atoms in total. The van der Waals surface area contributed by atoms with E-state index in [1.165, 1.54) is 123 Å². The third-order valence-corrected chi connectivity index (χ3v) is 25.9. The molecule has 0 aliphatic carbocycles. The normalized spacial score (nSPS) is 12.4. The van der Waals surface area contributed by atoms with Crippen molar-refractivity contribution in [2.45, 2.75) is 291 Å². The summed E-state index contributed by atoms with van der Waals surface area (Å²) in [5.41, 5.74) is 20.7. The number of allylic oxidation sites excluding steroid dienone is 2. The largest absolute Gasteiger partial charge is 2.00 e. The summed E-state index contributed by atoms with van der Waals surface area (Å²) in [6.45, 7) is 52.7. The van der Waals surface area contributed by atoms with E-state index in [2.05, 4.69) is 359 Å². The van der Waals surface area contributed by atoms with Crippen molar-refractivity contribution in [2.24, 2.45) is 9.98 Å². The maximum atomic E-state index is 12.6. The molecule has 724 valence electrons. The van der Waals surface area contributed by atoms with Gasteiger partial charge in [0.15, 0.2) is 0 Å². The van der Waals surface area contributed by atoms with E-state index in [4.69, 9.17) is 28.7 Å². The first-order valence-electron chi connectivity index (χ1n) is 49.7. The zero-order valence-corrected chi connectivity index (χ0v) is 86.9. The smallest absolute Gasteiger partial charge is 0.857 e. The Morgan fingerprint density at radius 2 is 0.489 bits per heavy atom. The van der Waals surface area contributed by atoms with Crippen LogP contribution in [0.5, 0.6) is 23.0 Å². The van der Waals surface area contributed by atoms with E-state index in [1.807, 2.05) is 66.7 Å². The van der Waals surface area contributed by atoms with Crippen LogP contribution in [0.15, 0.2) is 314 Å². The van der Waals surface area contributed by atoms with Gasteiger partial charge in [-0.05, 0) is 246 Å². The summed E-state index contributed by atoms with van der Waals surface area (Å²) < 4.78 is 30.6. The molecule has 0 fully saturated rings. The SMILES string of the molecule is C=CCCCCOc1ccc(CN=C([O-])c2cccc(C([O-])=NCc3ccc(OCCCCC=C)cc3)n2)cc1.CC(C)(C)c1ccc(C(c2ccc(OCCCCCCCCCCCOCc3cccc(COc4ccc(C(c5ccc(C(C)(C)C)cc5)(c5ccc(C(C)(C)C)cc5)c5ccc(C(C)(C)C)cc5)cc4)n3)cc2)(c2ccc(C(C)(C)C)cc2)c2ccc(C(C)(C)C)cc2)cc1.[Pd+2]. The third kappa shape index (κ3) is 30.9. The van der Waals surface area contributed by atoms with Gasteiger partial charge in [0.05, 0.1) is 73.1 Å². The summed E-state index contributed by atoms with van der Waals surface area (Å²) in [7, 11) is 0. The summed E-state index contributed by atoms with van der Waals surface area (Å²) >= 11 is 0. The van der Waals surface area contributed by atoms with Crippen molar-refractivity contribution >= 4 is 11.8 Å². The predicted molar refractivity (Wildman–Crippen MR) is 564 cm³/mol. The van der Waals surface area contributed by atoms with Gasteiger partial charge in [-0.2, -0.15) is 0 Å². The van der Waals surface area contributed by atoms with Gasteiger partial charge in [0.2, 0.25) is 0 Å². The predicted octanol–water partition coefficient (Wildman–Crippen LogP) is 29.5. The van der Waals surface area contributed by atoms with Crippen molar-refractivity contribution in [3.63, 3.8) is 0 Å². The summed E-state index contributed by atoms with van der Waals surface area (Å²) in [5.74, 6) is 2.32. The molecule has 0 aliphatic heterocycles. The van der Waals surface area contributed by atoms with Crippen LogP contribution in [0, 0.1) is 0 Å². The molecule has 0 bridgehead atoms. The topological polar surface area (TPSA) is 143 Å². The molecule has 0 aliphatic rings. The van der Waals surface area contributed by atoms with Gasteiger partial charge in [0.1, 0.15) is 29.6 Å². The first-order chi connectivity index (χ1) is 65.0. The van der Waals surface area contributed by atoms with Crippen LogP contribution < -0.4 is 29.2 Å². The van der Waals surface area contributed by atoms with E-state index in [0.717, 1.165) is 110 Å². The standard InChI is InChI=1S/C92H115NO3.C33H39N3O4.Pd/c1-85(2,3)67-31-43-73(44-32-67)91(74-45-33-68(34-46-74)86(4,5)6,75-47-35-69(36-48-75)87(7,8)9)79-55-59-83(60-56-79)95-64-27-25-23-21-19-20-22-24-26-63-94-65-81-29-28-30-82(93-81)66-96-84-61-57-80(58-62-84)92(76-49-37-70(38-50-76)88(10,11)12,77-51-39-71(40-52-77)89(13,14)15)78-53-41-72(42-54-78)90(16,17)18;1-3-5-7-9-22-39-28-18-14-26(15-19-28)24-34-32(37)30-12-11-13-31(36-30)33(38)35-25-27-16-20-29(21-17-27)40-23-10-8-6-4-2;/h28-62H,19-27,63-66H2,1-18H3;3-4,11-21H,1-2,5-10,22-25H2,(H,34,37)(H,35,38);/q;;+2/p-2. The number of rotatable bonds is 44. The van der Waals surface area contributed by atoms with Gasteiger partial charge in [-0.15, -0.1) is 13.2 Å². The minimum absolute atomic E-state index is 0. The van der Waals surface area contributed by atoms with Gasteiger partial charge in [0.25, 0.3) is 0 Å². The van der Waals surface area contributed by atoms with E-state index < -0.39 is 22.6 Å². The molecule has 0 saturated heterocycles. The summed E-state index contributed by atoms with van der Waals surface area (Å²) in [5, 5.41) is 25.2. The van der Waals surface area contributed by atoms with E-state index in [0.29, 0.717) is 26.4 Å². The zero-order valence-electron chi connectivity index (χ0n) is 85.4. The average Bonchev–Trinajstić information content (AvgIpc) is 0.731. The first kappa shape index (κ1) is 108. The monoisotopic (exact) mass is 1930 g/mol. The first-order valence-corrected chi connectivity index (χ1v) is 49.7. The molecule has 12 heteroatoms. The number of ether oxygens (including phenoxy) is 5. The van der Waals surface area contributed by atoms with Gasteiger partial charge in [0, 0.05) is 18.4 Å². The fourth-order valence-electron chi connectivity index (χ4n) is 17.4. The summed E-state index contributed by atoms with van der Waals surface area (Å²) in [6.07, 6.45) is 20.6. The number of hydrogen-bond acceptors (Lipinski definition) is 11. The van der Waals surface area contributed by atoms with Crippen LogP contribution in [0.1, 0.15) is 333 Å². The Morgan fingerprint density at radius 3 is 0.766 bits per heavy atom. The fourth-order valence-corrected chi connectivity index (χ4v) is 17.4. The van der Waals surface area contributed by atoms with Crippen molar-refractivity contribution in [1.29, 1.82) is 0 Å². The van der Waals surface area contributed by atoms with Gasteiger partial charge >= 0.3 is 20.4 Å². The Hall–Kier alpha value is -11.3. The number of aliphatic imine (C=N–C) groups is 2. The molecular weight excluding hydrogens is 1780 g/mol. The van der Waals surface area contributed by atoms with Crippen LogP contribution >= 0.6 is 0 Å². The molecule has 0 unspecified atom stereocenters. The maximum Gasteiger partial charge on any atom is 2.00 e. The molecule has 12 rings (SSSR count). The number of hydrogen-bond donors (Lipinski definition) is 0. The summed E-state index contributed by atoms with van der Waals surface area (Å²) in [4.78, 5) is 17.4. The molecule has 0 N–H and O–H groups in total. The Labute approximate surface area is 836 Å². The van der Waals surface area contributed by atoms with Crippen molar-refractivity contribution in [3.8, 4) is 23.0 Å². The molecule has 0 saturated carbocycles. The maximum absolute atomic E-state index is 12.6. The number of unbranched alkanes of at least 4 members (excludes halogenated alkanes) is 12. The van der Waals surface area contributed by atoms with Gasteiger partial charge < -0.3 is 33.9 Å². The van der Waals surface area contributed by atoms with E-state index in [9.17, 15) is 10.2 Å². The molecular formula is C125H152N4O7Pd. The Morgan fingerprint density at radius 1 is 0.263 bits per heavy atom. The second-order valence-electron chi connectivity index (χ2n) is 42.7. The number of nitrogens with zero attached hydrogens (tertiary/aromatic N) is 4. The van der Waals surface area contributed by atoms with Crippen LogP contribution in [0.4, 0.5) is 0 Å². The Balaban J connectivity index is 0.000000394. The fraction of sp³-hybridized carbons (Fsp3) is 0.392. The van der Waals surface area contributed by atoms with Gasteiger partial charge in [-0.1, -0.05) is 388 Å². The molecule has 0 spiro atoms. The molecule has 12 aromatic rings. The van der Waals surface area contributed by atoms with E-state index in [1.54, 1.807) is 18.2 Å². The summed E-state index contributed by atoms with van der Waals surface area (Å²) in [6, 6.07) is 99.9. The van der Waals surface area contributed by atoms with Gasteiger partial charge in [-0.3, -0.25) is 15.0 Å². The van der Waals surface area contributed by atoms with Crippen LogP contribution in [-0.4, -0.2) is 48.2 Å². The average molecular weight is 1930 g/mol. The van der Waals surface area contributed by atoms with Crippen molar-refractivity contribution < 1.29 is 54.3 Å². The van der Waals surface area contributed by atoms with Crippen LogP contribution in [-0.2, 0) is 94.8 Å². The number of aromatic nitrogens is 2. The van der Waals surface area contributed by atoms with Crippen molar-refractivity contribution in [3.05, 3.63) is 416 Å². The Bertz CT molecular complexity index is 5350. The number of pyridine rings is 2. The van der Waals surface area contributed by atoms with Crippen molar-refractivity contribution in [1.82, 2.24) is 9.97 Å². The van der Waals surface area contributed by atoms with Gasteiger partial charge in [-0.25, -0.2) is 4.98 Å². The van der Waals surface area contributed by atoms with Crippen molar-refractivity contribution in [2.75, 3.05) is 26.4 Å². The molecule has 0 atom stereocenters. The Kier molecular flexibility index (Phi) is 39.6. The van der Waals surface area contributed by atoms with E-state index >= 15 is 0 Å². The van der Waals surface area contributed by atoms with Crippen LogP contribution in [0.25, 0.3) is 0 Å². The minimum atomic E-state index is -0.589. The zero-order chi connectivity index (χ0) is 97.6. The van der Waals surface area contributed by atoms with E-state index in [-0.39, 0.29) is 77.4 Å². The molecule has 0 amide bonds. The molecule has 2 aromatic heterocycles. The molecule has 137 heavy (non-hydrogen) atoms. The third-order valence-electron chi connectivity index (χ3n) is 25.9. The van der Waals surface area contributed by atoms with Crippen LogP contribution in [0.3, 0.4) is 0 Å². The minimum Gasteiger partial charge on any atom is -0.857 e. The van der Waals surface area contributed by atoms with Crippen LogP contribution in [0.2, 0.25) is 0 Å². The second-order valence-corrected chi connectivity index (χ2v) is 42.7. The number of benzene rings is 10. The molecule has 2 heterocycles.